The zero-order valence-electron chi connectivity index (χ0n) is 10.3. The van der Waals surface area contributed by atoms with E-state index >= 15 is 0 Å². The minimum absolute atomic E-state index is 0.234. The van der Waals surface area contributed by atoms with Crippen LogP contribution in [0.15, 0.2) is 0 Å². The van der Waals surface area contributed by atoms with E-state index in [1.807, 2.05) is 11.8 Å². The Morgan fingerprint density at radius 1 is 1.38 bits per heavy atom. The summed E-state index contributed by atoms with van der Waals surface area (Å²) in [5, 5.41) is 0. The van der Waals surface area contributed by atoms with Crippen LogP contribution in [0.25, 0.3) is 0 Å². The predicted molar refractivity (Wildman–Crippen MR) is 62.3 cm³/mol. The first kappa shape index (κ1) is 11.9. The number of fused-ring (bicyclic) bond motifs is 1. The third-order valence-electron chi connectivity index (χ3n) is 3.74. The average molecular weight is 226 g/mol. The molecule has 0 aromatic carbocycles. The number of likely N-dealkylation sites (N-methyl/N-ethyl adjacent to an activating group) is 1. The highest BCUT2D eigenvalue weighted by Gasteiger charge is 2.37. The minimum Gasteiger partial charge on any atom is -0.373 e. The third kappa shape index (κ3) is 2.23. The Balaban J connectivity index is 2.01. The SMILES string of the molecule is CCC(=O)N1CCOC2CN(CC)CCC21. The van der Waals surface area contributed by atoms with E-state index in [0.29, 0.717) is 19.1 Å². The summed E-state index contributed by atoms with van der Waals surface area (Å²) >= 11 is 0. The minimum atomic E-state index is 0.234. The van der Waals surface area contributed by atoms with Crippen LogP contribution in [0.4, 0.5) is 0 Å². The van der Waals surface area contributed by atoms with Crippen molar-refractivity contribution >= 4 is 5.91 Å². The molecule has 2 heterocycles. The average Bonchev–Trinajstić information content (AvgIpc) is 2.36. The van der Waals surface area contributed by atoms with E-state index in [1.165, 1.54) is 0 Å². The summed E-state index contributed by atoms with van der Waals surface area (Å²) < 4.78 is 5.80. The molecule has 0 aromatic heterocycles. The highest BCUT2D eigenvalue weighted by Crippen LogP contribution is 2.23. The van der Waals surface area contributed by atoms with Crippen molar-refractivity contribution in [1.29, 1.82) is 0 Å². The molecule has 16 heavy (non-hydrogen) atoms. The van der Waals surface area contributed by atoms with Crippen LogP contribution in [-0.2, 0) is 9.53 Å². The molecule has 0 N–H and O–H groups in total. The lowest BCUT2D eigenvalue weighted by Crippen LogP contribution is -2.60. The molecule has 0 bridgehead atoms. The molecule has 4 nitrogen and oxygen atoms in total. The molecule has 2 fully saturated rings. The Morgan fingerprint density at radius 2 is 2.19 bits per heavy atom. The maximum absolute atomic E-state index is 11.8. The molecule has 0 aliphatic carbocycles. The molecule has 2 saturated heterocycles. The molecule has 2 aliphatic heterocycles. The van der Waals surface area contributed by atoms with Crippen molar-refractivity contribution in [3.8, 4) is 0 Å². The van der Waals surface area contributed by atoms with Gasteiger partial charge in [0.1, 0.15) is 0 Å². The van der Waals surface area contributed by atoms with Crippen LogP contribution >= 0.6 is 0 Å². The summed E-state index contributed by atoms with van der Waals surface area (Å²) in [6.45, 7) is 8.74. The highest BCUT2D eigenvalue weighted by atomic mass is 16.5. The molecule has 0 saturated carbocycles. The van der Waals surface area contributed by atoms with Crippen molar-refractivity contribution in [3.63, 3.8) is 0 Å². The van der Waals surface area contributed by atoms with E-state index in [0.717, 1.165) is 32.6 Å². The first-order valence-electron chi connectivity index (χ1n) is 6.39. The first-order valence-corrected chi connectivity index (χ1v) is 6.39. The van der Waals surface area contributed by atoms with Crippen LogP contribution in [-0.4, -0.2) is 60.6 Å². The van der Waals surface area contributed by atoms with Gasteiger partial charge in [0, 0.05) is 26.1 Å². The lowest BCUT2D eigenvalue weighted by atomic mass is 9.98. The second kappa shape index (κ2) is 5.15. The molecule has 0 spiro atoms. The van der Waals surface area contributed by atoms with Gasteiger partial charge in [-0.15, -0.1) is 0 Å². The number of hydrogen-bond acceptors (Lipinski definition) is 3. The Labute approximate surface area is 97.5 Å². The van der Waals surface area contributed by atoms with Crippen LogP contribution in [0.1, 0.15) is 26.7 Å². The molecule has 4 heteroatoms. The van der Waals surface area contributed by atoms with Crippen LogP contribution in [0.5, 0.6) is 0 Å². The number of piperidine rings is 1. The Bertz CT molecular complexity index is 257. The van der Waals surface area contributed by atoms with E-state index in [4.69, 9.17) is 4.74 Å². The largest absolute Gasteiger partial charge is 0.373 e. The van der Waals surface area contributed by atoms with Crippen LogP contribution in [0.3, 0.4) is 0 Å². The standard InChI is InChI=1S/C12H22N2O2/c1-3-12(15)14-7-8-16-11-9-13(4-2)6-5-10(11)14/h10-11H,3-9H2,1-2H3. The van der Waals surface area contributed by atoms with Crippen LogP contribution in [0.2, 0.25) is 0 Å². The number of nitrogens with zero attached hydrogens (tertiary/aromatic N) is 2. The van der Waals surface area contributed by atoms with Crippen LogP contribution < -0.4 is 0 Å². The maximum atomic E-state index is 11.8. The molecule has 0 radical (unpaired) electrons. The molecule has 1 amide bonds. The molecule has 2 aliphatic rings. The summed E-state index contributed by atoms with van der Waals surface area (Å²) in [5.41, 5.74) is 0. The van der Waals surface area contributed by atoms with E-state index in [-0.39, 0.29) is 12.0 Å². The summed E-state index contributed by atoms with van der Waals surface area (Å²) in [6.07, 6.45) is 1.91. The van der Waals surface area contributed by atoms with Gasteiger partial charge in [-0.1, -0.05) is 13.8 Å². The van der Waals surface area contributed by atoms with Gasteiger partial charge in [0.25, 0.3) is 0 Å². The zero-order chi connectivity index (χ0) is 11.5. The van der Waals surface area contributed by atoms with Gasteiger partial charge in [0.05, 0.1) is 18.8 Å². The van der Waals surface area contributed by atoms with Gasteiger partial charge in [0.15, 0.2) is 0 Å². The fourth-order valence-corrected chi connectivity index (χ4v) is 2.76. The number of amides is 1. The highest BCUT2D eigenvalue weighted by molar-refractivity contribution is 5.76. The quantitative estimate of drug-likeness (QED) is 0.695. The van der Waals surface area contributed by atoms with E-state index in [1.54, 1.807) is 0 Å². The normalized spacial score (nSPS) is 31.2. The molecular weight excluding hydrogens is 204 g/mol. The molecule has 0 aromatic rings. The van der Waals surface area contributed by atoms with Gasteiger partial charge in [-0.25, -0.2) is 0 Å². The van der Waals surface area contributed by atoms with Crippen LogP contribution in [0, 0.1) is 0 Å². The molecule has 2 unspecified atom stereocenters. The molecule has 2 atom stereocenters. The smallest absolute Gasteiger partial charge is 0.222 e. The van der Waals surface area contributed by atoms with E-state index < -0.39 is 0 Å². The summed E-state index contributed by atoms with van der Waals surface area (Å²) in [6, 6.07) is 0.323. The van der Waals surface area contributed by atoms with Crippen molar-refractivity contribution in [3.05, 3.63) is 0 Å². The van der Waals surface area contributed by atoms with Crippen molar-refractivity contribution in [2.45, 2.75) is 38.8 Å². The third-order valence-corrected chi connectivity index (χ3v) is 3.74. The summed E-state index contributed by atoms with van der Waals surface area (Å²) in [4.78, 5) is 16.3. The number of ether oxygens (including phenoxy) is 1. The van der Waals surface area contributed by atoms with Crippen molar-refractivity contribution < 1.29 is 9.53 Å². The lowest BCUT2D eigenvalue weighted by molar-refractivity contribution is -0.152. The van der Waals surface area contributed by atoms with Gasteiger partial charge >= 0.3 is 0 Å². The Kier molecular flexibility index (Phi) is 3.82. The second-order valence-electron chi connectivity index (χ2n) is 4.60. The first-order chi connectivity index (χ1) is 7.76. The fourth-order valence-electron chi connectivity index (χ4n) is 2.76. The number of carbonyl (C=O) groups excluding carboxylic acids is 1. The number of hydrogen-bond donors (Lipinski definition) is 0. The van der Waals surface area contributed by atoms with E-state index in [9.17, 15) is 4.79 Å². The predicted octanol–water partition coefficient (Wildman–Crippen LogP) is 0.718. The van der Waals surface area contributed by atoms with Crippen molar-refractivity contribution in [1.82, 2.24) is 9.80 Å². The van der Waals surface area contributed by atoms with Crippen molar-refractivity contribution in [2.75, 3.05) is 32.8 Å². The van der Waals surface area contributed by atoms with Gasteiger partial charge in [-0.2, -0.15) is 0 Å². The summed E-state index contributed by atoms with van der Waals surface area (Å²) in [5.74, 6) is 0.281. The van der Waals surface area contributed by atoms with Gasteiger partial charge < -0.3 is 14.5 Å². The molecule has 92 valence electrons. The van der Waals surface area contributed by atoms with E-state index in [2.05, 4.69) is 11.8 Å². The fraction of sp³-hybridized carbons (Fsp3) is 0.917. The van der Waals surface area contributed by atoms with Crippen molar-refractivity contribution in [2.24, 2.45) is 0 Å². The van der Waals surface area contributed by atoms with Gasteiger partial charge in [-0.05, 0) is 13.0 Å². The number of carbonyl (C=O) groups is 1. The lowest BCUT2D eigenvalue weighted by Gasteiger charge is -2.46. The second-order valence-corrected chi connectivity index (χ2v) is 4.60. The monoisotopic (exact) mass is 226 g/mol. The van der Waals surface area contributed by atoms with Gasteiger partial charge in [-0.3, -0.25) is 4.79 Å². The van der Waals surface area contributed by atoms with Gasteiger partial charge in [0.2, 0.25) is 5.91 Å². The zero-order valence-corrected chi connectivity index (χ0v) is 10.3. The summed E-state index contributed by atoms with van der Waals surface area (Å²) in [7, 11) is 0. The topological polar surface area (TPSA) is 32.8 Å². The number of morpholine rings is 1. The molecular formula is C12H22N2O2. The number of rotatable bonds is 2. The Hall–Kier alpha value is -0.610. The number of likely N-dealkylation sites (tertiary alicyclic amines) is 1. The maximum Gasteiger partial charge on any atom is 0.222 e. The Morgan fingerprint density at radius 3 is 2.88 bits per heavy atom. The molecule has 2 rings (SSSR count).